The highest BCUT2D eigenvalue weighted by Crippen LogP contribution is 2.46. The quantitative estimate of drug-likeness (QED) is 0.273. The monoisotopic (exact) mass is 743 g/mol. The average molecular weight is 744 g/mol. The van der Waals surface area contributed by atoms with Gasteiger partial charge in [0.05, 0.1) is 38.2 Å². The van der Waals surface area contributed by atoms with Crippen LogP contribution in [0.25, 0.3) is 10.8 Å². The second-order valence-electron chi connectivity index (χ2n) is 13.8. The Hall–Kier alpha value is -4.64. The molecule has 2 aromatic rings. The van der Waals surface area contributed by atoms with Gasteiger partial charge in [-0.2, -0.15) is 4.98 Å². The maximum atomic E-state index is 14.4. The van der Waals surface area contributed by atoms with Crippen molar-refractivity contribution in [2.24, 2.45) is 5.92 Å². The number of fused-ring (bicyclic) bond motifs is 3. The molecular weight excluding hydrogens is 698 g/mol. The Bertz CT molecular complexity index is 1860. The second-order valence-corrected chi connectivity index (χ2v) is 15.8. The van der Waals surface area contributed by atoms with Crippen LogP contribution in [0.15, 0.2) is 36.4 Å². The van der Waals surface area contributed by atoms with Gasteiger partial charge in [-0.25, -0.2) is 13.2 Å². The summed E-state index contributed by atoms with van der Waals surface area (Å²) in [5.74, 6) is -1.75. The normalized spacial score (nSPS) is 29.5. The van der Waals surface area contributed by atoms with Crippen molar-refractivity contribution < 1.29 is 51.6 Å². The number of amides is 4. The van der Waals surface area contributed by atoms with E-state index in [0.29, 0.717) is 42.2 Å². The van der Waals surface area contributed by atoms with E-state index in [-0.39, 0.29) is 43.7 Å². The third-order valence-corrected chi connectivity index (χ3v) is 11.9. The Labute approximate surface area is 301 Å². The van der Waals surface area contributed by atoms with Crippen molar-refractivity contribution in [2.45, 2.75) is 100.0 Å². The van der Waals surface area contributed by atoms with E-state index in [1.165, 1.54) is 12.0 Å². The van der Waals surface area contributed by atoms with E-state index in [1.54, 1.807) is 44.4 Å². The third-order valence-electron chi connectivity index (χ3n) is 10.1. The number of carbonyl (C=O) groups is 4. The van der Waals surface area contributed by atoms with Crippen LogP contribution in [0.3, 0.4) is 0 Å². The molecule has 16 nitrogen and oxygen atoms in total. The molecular formula is C35H45N5O11S. The molecule has 0 radical (unpaired) electrons. The van der Waals surface area contributed by atoms with E-state index in [2.05, 4.69) is 20.3 Å². The summed E-state index contributed by atoms with van der Waals surface area (Å²) in [7, 11) is -0.930. The van der Waals surface area contributed by atoms with Gasteiger partial charge in [0, 0.05) is 23.8 Å². The molecule has 1 aromatic carbocycles. The van der Waals surface area contributed by atoms with E-state index in [0.717, 1.165) is 0 Å². The first kappa shape index (κ1) is 37.1. The van der Waals surface area contributed by atoms with Crippen molar-refractivity contribution >= 4 is 44.6 Å². The van der Waals surface area contributed by atoms with Crippen LogP contribution < -0.4 is 29.6 Å². The van der Waals surface area contributed by atoms with Crippen LogP contribution in [0.2, 0.25) is 0 Å². The summed E-state index contributed by atoms with van der Waals surface area (Å²) < 4.78 is 51.2. The lowest BCUT2D eigenvalue weighted by molar-refractivity contribution is -0.145. The predicted molar refractivity (Wildman–Crippen MR) is 186 cm³/mol. The molecule has 6 rings (SSSR count). The molecule has 52 heavy (non-hydrogen) atoms. The lowest BCUT2D eigenvalue weighted by Crippen LogP contribution is -2.60. The number of carboxylic acid groups (broad SMARTS) is 1. The van der Waals surface area contributed by atoms with Crippen LogP contribution in [-0.2, 0) is 29.1 Å². The number of aromatic nitrogens is 1. The molecule has 2 aliphatic carbocycles. The zero-order valence-electron chi connectivity index (χ0n) is 29.5. The molecule has 282 valence electrons. The molecule has 17 heteroatoms. The zero-order chi connectivity index (χ0) is 37.4. The van der Waals surface area contributed by atoms with E-state index >= 15 is 0 Å². The van der Waals surface area contributed by atoms with Gasteiger partial charge in [0.1, 0.15) is 29.5 Å². The summed E-state index contributed by atoms with van der Waals surface area (Å²) in [6.45, 7) is 3.45. The standard InChI is InChI=1S/C35H45N5O11S/c1-5-27-29(37-34(44)45)32(42)40-18-23(51-31-25-13-10-22(48-3)14-20(25)15-28(36-31)49-4)16-26(40)30(41)38-35(33(43)39-52(46,47)24-11-12-24)17-21(35)9-7-6-8-19(2)50-27/h7,9-10,13-15,19,21,23-24,26-27,29,37H,5-6,8,11-12,16-18H2,1-4H3,(H,38,41)(H,39,43)(H,44,45)/t19-,21-,23-,26+,27+,29+,35-/m1/s1. The molecule has 0 bridgehead atoms. The number of methoxy groups -OCH3 is 2. The SMILES string of the molecule is CC[C@@H]1O[C@H](C)CCC=C[C@@H]2C[C@@]2(C(=O)NS(=O)(=O)C2CC2)NC(=O)[C@@H]2C[C@@H](Oc3nc(OC)cc4cc(OC)ccc34)CN2C(=O)[C@H]1NC(=O)O. The van der Waals surface area contributed by atoms with Gasteiger partial charge in [-0.1, -0.05) is 19.1 Å². The number of nitrogens with zero attached hydrogens (tertiary/aromatic N) is 2. The van der Waals surface area contributed by atoms with Gasteiger partial charge < -0.3 is 39.6 Å². The van der Waals surface area contributed by atoms with Crippen LogP contribution in [0.5, 0.6) is 17.5 Å². The van der Waals surface area contributed by atoms with Crippen LogP contribution in [0, 0.1) is 5.92 Å². The highest BCUT2D eigenvalue weighted by Gasteiger charge is 2.62. The number of pyridine rings is 1. The first-order valence-electron chi connectivity index (χ1n) is 17.5. The van der Waals surface area contributed by atoms with Crippen LogP contribution in [-0.4, -0.2) is 109 Å². The van der Waals surface area contributed by atoms with Crippen molar-refractivity contribution in [2.75, 3.05) is 20.8 Å². The average Bonchev–Trinajstić information content (AvgIpc) is 4.04. The zero-order valence-corrected chi connectivity index (χ0v) is 30.3. The first-order chi connectivity index (χ1) is 24.8. The van der Waals surface area contributed by atoms with Gasteiger partial charge in [-0.15, -0.1) is 0 Å². The molecule has 1 saturated heterocycles. The maximum absolute atomic E-state index is 14.4. The fourth-order valence-corrected chi connectivity index (χ4v) is 8.36. The molecule has 3 fully saturated rings. The lowest BCUT2D eigenvalue weighted by atomic mass is 10.0. The summed E-state index contributed by atoms with van der Waals surface area (Å²) in [5, 5.41) is 15.6. The summed E-state index contributed by atoms with van der Waals surface area (Å²) in [4.78, 5) is 60.2. The third kappa shape index (κ3) is 7.74. The molecule has 2 saturated carbocycles. The van der Waals surface area contributed by atoms with Crippen LogP contribution in [0.1, 0.15) is 58.8 Å². The van der Waals surface area contributed by atoms with Gasteiger partial charge >= 0.3 is 6.09 Å². The summed E-state index contributed by atoms with van der Waals surface area (Å²) in [6, 6.07) is 4.38. The summed E-state index contributed by atoms with van der Waals surface area (Å²) >= 11 is 0. The number of nitrogens with one attached hydrogen (secondary N) is 3. The predicted octanol–water partition coefficient (Wildman–Crippen LogP) is 2.25. The van der Waals surface area contributed by atoms with Crippen molar-refractivity contribution in [1.82, 2.24) is 25.2 Å². The smallest absolute Gasteiger partial charge is 0.405 e. The van der Waals surface area contributed by atoms with Crippen molar-refractivity contribution in [3.05, 3.63) is 36.4 Å². The van der Waals surface area contributed by atoms with E-state index in [4.69, 9.17) is 18.9 Å². The fraction of sp³-hybridized carbons (Fsp3) is 0.571. The molecule has 0 unspecified atom stereocenters. The topological polar surface area (TPSA) is 212 Å². The lowest BCUT2D eigenvalue weighted by Gasteiger charge is -2.33. The molecule has 0 spiro atoms. The number of benzene rings is 1. The molecule has 3 heterocycles. The van der Waals surface area contributed by atoms with Gasteiger partial charge in [0.25, 0.3) is 5.91 Å². The molecule has 4 amide bonds. The molecule has 4 N–H and O–H groups in total. The highest BCUT2D eigenvalue weighted by molar-refractivity contribution is 7.91. The van der Waals surface area contributed by atoms with E-state index < -0.39 is 74.8 Å². The summed E-state index contributed by atoms with van der Waals surface area (Å²) in [6.07, 6.45) is 2.45. The Morgan fingerprint density at radius 1 is 1.15 bits per heavy atom. The Morgan fingerprint density at radius 2 is 1.92 bits per heavy atom. The van der Waals surface area contributed by atoms with Crippen molar-refractivity contribution in [3.63, 3.8) is 0 Å². The Kier molecular flexibility index (Phi) is 10.5. The number of hydrogen-bond donors (Lipinski definition) is 4. The van der Waals surface area contributed by atoms with Crippen LogP contribution in [0.4, 0.5) is 4.79 Å². The molecule has 4 aliphatic rings. The Balaban J connectivity index is 1.36. The molecule has 7 atom stereocenters. The van der Waals surface area contributed by atoms with Gasteiger partial charge in [-0.3, -0.25) is 19.1 Å². The van der Waals surface area contributed by atoms with Gasteiger partial charge in [-0.05, 0) is 69.0 Å². The fourth-order valence-electron chi connectivity index (χ4n) is 7.00. The minimum Gasteiger partial charge on any atom is -0.497 e. The van der Waals surface area contributed by atoms with Crippen LogP contribution >= 0.6 is 0 Å². The summed E-state index contributed by atoms with van der Waals surface area (Å²) in [5.41, 5.74) is -1.57. The number of hydrogen-bond acceptors (Lipinski definition) is 11. The van der Waals surface area contributed by atoms with E-state index in [1.807, 2.05) is 13.0 Å². The molecule has 1 aromatic heterocycles. The number of allylic oxidation sites excluding steroid dienone is 1. The highest BCUT2D eigenvalue weighted by atomic mass is 32.2. The number of sulfonamides is 1. The minimum absolute atomic E-state index is 0.0550. The van der Waals surface area contributed by atoms with Crippen molar-refractivity contribution in [1.29, 1.82) is 0 Å². The maximum Gasteiger partial charge on any atom is 0.405 e. The number of carbonyl (C=O) groups excluding carboxylic acids is 3. The van der Waals surface area contributed by atoms with Crippen molar-refractivity contribution in [3.8, 4) is 17.5 Å². The van der Waals surface area contributed by atoms with Gasteiger partial charge in [0.2, 0.25) is 33.6 Å². The largest absolute Gasteiger partial charge is 0.497 e. The van der Waals surface area contributed by atoms with Gasteiger partial charge in [0.15, 0.2) is 0 Å². The molecule has 2 aliphatic heterocycles. The number of rotatable bonds is 9. The van der Waals surface area contributed by atoms with E-state index in [9.17, 15) is 32.7 Å². The second kappa shape index (κ2) is 14.8. The first-order valence-corrected chi connectivity index (χ1v) is 19.0. The Morgan fingerprint density at radius 3 is 2.60 bits per heavy atom. The minimum atomic E-state index is -3.93. The number of ether oxygens (including phenoxy) is 4.